The normalized spacial score (nSPS) is 15.6. The maximum Gasteiger partial charge on any atom is 0.160 e. The van der Waals surface area contributed by atoms with Crippen molar-refractivity contribution in [3.8, 4) is 5.75 Å². The summed E-state index contributed by atoms with van der Waals surface area (Å²) in [6, 6.07) is 14.4. The lowest BCUT2D eigenvalue weighted by atomic mass is 10.1. The topological polar surface area (TPSA) is 75.2 Å². The molecule has 3 aromatic rings. The van der Waals surface area contributed by atoms with Crippen molar-refractivity contribution in [2.45, 2.75) is 13.0 Å². The zero-order valence-electron chi connectivity index (χ0n) is 15.6. The molecule has 2 heterocycles. The van der Waals surface area contributed by atoms with Gasteiger partial charge in [0.15, 0.2) is 5.82 Å². The third kappa shape index (κ3) is 3.78. The fraction of sp³-hybridized carbons (Fsp3) is 0.350. The van der Waals surface area contributed by atoms with Gasteiger partial charge >= 0.3 is 0 Å². The first kappa shape index (κ1) is 17.5. The molecule has 4 rings (SSSR count). The first-order valence-corrected chi connectivity index (χ1v) is 9.24. The van der Waals surface area contributed by atoms with E-state index in [-0.39, 0.29) is 6.04 Å². The second-order valence-electron chi connectivity index (χ2n) is 6.72. The van der Waals surface area contributed by atoms with Crippen LogP contribution in [0.1, 0.15) is 18.5 Å². The molecule has 2 aromatic carbocycles. The lowest BCUT2D eigenvalue weighted by molar-refractivity contribution is 0.414. The number of piperazine rings is 1. The second kappa shape index (κ2) is 7.75. The van der Waals surface area contributed by atoms with Crippen LogP contribution in [0.3, 0.4) is 0 Å². The van der Waals surface area contributed by atoms with Crippen LogP contribution in [0.25, 0.3) is 10.9 Å². The summed E-state index contributed by atoms with van der Waals surface area (Å²) in [4.78, 5) is 2.38. The summed E-state index contributed by atoms with van der Waals surface area (Å²) in [5.41, 5.74) is 3.15. The molecule has 7 nitrogen and oxygen atoms in total. The largest absolute Gasteiger partial charge is 0.497 e. The van der Waals surface area contributed by atoms with Gasteiger partial charge in [0.05, 0.1) is 18.7 Å². The number of aromatic nitrogens is 3. The van der Waals surface area contributed by atoms with Crippen LogP contribution in [0, 0.1) is 0 Å². The molecule has 1 aliphatic heterocycles. The lowest BCUT2D eigenvalue weighted by Crippen LogP contribution is -2.43. The number of nitrogens with one attached hydrogen (secondary N) is 2. The molecule has 0 spiro atoms. The number of ether oxygens (including phenoxy) is 1. The number of nitrogens with zero attached hydrogens (tertiary/aromatic N) is 4. The minimum Gasteiger partial charge on any atom is -0.497 e. The van der Waals surface area contributed by atoms with Gasteiger partial charge in [0, 0.05) is 37.3 Å². The Morgan fingerprint density at radius 3 is 2.78 bits per heavy atom. The van der Waals surface area contributed by atoms with Crippen LogP contribution in [0.4, 0.5) is 11.5 Å². The number of rotatable bonds is 5. The summed E-state index contributed by atoms with van der Waals surface area (Å²) in [5.74, 6) is 1.58. The number of methoxy groups -OCH3 is 1. The summed E-state index contributed by atoms with van der Waals surface area (Å²) in [5, 5.41) is 20.2. The van der Waals surface area contributed by atoms with Crippen molar-refractivity contribution in [2.75, 3.05) is 43.5 Å². The third-order valence-electron chi connectivity index (χ3n) is 4.96. The highest BCUT2D eigenvalue weighted by Gasteiger charge is 2.15. The average molecular weight is 364 g/mol. The lowest BCUT2D eigenvalue weighted by Gasteiger charge is -2.29. The second-order valence-corrected chi connectivity index (χ2v) is 6.72. The maximum atomic E-state index is 5.33. The van der Waals surface area contributed by atoms with Crippen LogP contribution in [0.5, 0.6) is 5.75 Å². The fourth-order valence-corrected chi connectivity index (χ4v) is 3.40. The van der Waals surface area contributed by atoms with Gasteiger partial charge in [0.25, 0.3) is 0 Å². The van der Waals surface area contributed by atoms with Crippen molar-refractivity contribution >= 4 is 22.4 Å². The van der Waals surface area contributed by atoms with Crippen molar-refractivity contribution in [1.29, 1.82) is 0 Å². The Morgan fingerprint density at radius 1 is 1.11 bits per heavy atom. The maximum absolute atomic E-state index is 5.33. The van der Waals surface area contributed by atoms with Crippen molar-refractivity contribution in [3.63, 3.8) is 0 Å². The van der Waals surface area contributed by atoms with E-state index in [9.17, 15) is 0 Å². The zero-order chi connectivity index (χ0) is 18.6. The number of hydrogen-bond acceptors (Lipinski definition) is 7. The van der Waals surface area contributed by atoms with Crippen molar-refractivity contribution < 1.29 is 4.74 Å². The highest BCUT2D eigenvalue weighted by molar-refractivity contribution is 5.91. The van der Waals surface area contributed by atoms with E-state index in [1.165, 1.54) is 5.69 Å². The van der Waals surface area contributed by atoms with Crippen LogP contribution in [0.15, 0.2) is 42.5 Å². The molecule has 1 aromatic heterocycles. The quantitative estimate of drug-likeness (QED) is 0.721. The molecule has 2 N–H and O–H groups in total. The highest BCUT2D eigenvalue weighted by Crippen LogP contribution is 2.28. The Balaban J connectivity index is 1.64. The molecule has 0 unspecified atom stereocenters. The van der Waals surface area contributed by atoms with E-state index in [2.05, 4.69) is 56.1 Å². The van der Waals surface area contributed by atoms with Crippen LogP contribution in [-0.2, 0) is 0 Å². The molecule has 7 heteroatoms. The molecule has 0 aliphatic carbocycles. The number of fused-ring (bicyclic) bond motifs is 1. The molecule has 1 aliphatic rings. The minimum absolute atomic E-state index is 0.0582. The minimum atomic E-state index is 0.0582. The fourth-order valence-electron chi connectivity index (χ4n) is 3.40. The van der Waals surface area contributed by atoms with Gasteiger partial charge in [-0.3, -0.25) is 0 Å². The van der Waals surface area contributed by atoms with Gasteiger partial charge in [-0.2, -0.15) is 0 Å². The van der Waals surface area contributed by atoms with Crippen molar-refractivity contribution in [2.24, 2.45) is 0 Å². The Bertz CT molecular complexity index is 925. The summed E-state index contributed by atoms with van der Waals surface area (Å²) in [7, 11) is 1.68. The van der Waals surface area contributed by atoms with Gasteiger partial charge in [-0.05, 0) is 48.0 Å². The smallest absolute Gasteiger partial charge is 0.160 e. The first-order valence-electron chi connectivity index (χ1n) is 9.24. The van der Waals surface area contributed by atoms with Crippen LogP contribution >= 0.6 is 0 Å². The summed E-state index contributed by atoms with van der Waals surface area (Å²) in [6.45, 7) is 6.11. The van der Waals surface area contributed by atoms with Crippen LogP contribution in [0.2, 0.25) is 0 Å². The molecule has 0 bridgehead atoms. The molecule has 1 fully saturated rings. The number of benzene rings is 2. The van der Waals surface area contributed by atoms with Crippen molar-refractivity contribution in [1.82, 2.24) is 20.7 Å². The Labute approximate surface area is 158 Å². The van der Waals surface area contributed by atoms with Crippen molar-refractivity contribution in [3.05, 3.63) is 48.0 Å². The highest BCUT2D eigenvalue weighted by atomic mass is 16.5. The predicted molar refractivity (Wildman–Crippen MR) is 107 cm³/mol. The first-order chi connectivity index (χ1) is 13.2. The molecule has 0 amide bonds. The van der Waals surface area contributed by atoms with E-state index in [1.807, 2.05) is 24.3 Å². The van der Waals surface area contributed by atoms with E-state index < -0.39 is 0 Å². The summed E-state index contributed by atoms with van der Waals surface area (Å²) in [6.07, 6.45) is 0. The van der Waals surface area contributed by atoms with Gasteiger partial charge in [0.1, 0.15) is 5.75 Å². The van der Waals surface area contributed by atoms with E-state index in [1.54, 1.807) is 7.11 Å². The number of hydrogen-bond donors (Lipinski definition) is 2. The molecular formula is C20H24N6O. The van der Waals surface area contributed by atoms with E-state index in [4.69, 9.17) is 4.74 Å². The van der Waals surface area contributed by atoms with E-state index in [0.29, 0.717) is 0 Å². The Kier molecular flexibility index (Phi) is 5.02. The molecule has 1 saturated heterocycles. The Hall–Kier alpha value is -2.93. The monoisotopic (exact) mass is 364 g/mol. The molecule has 27 heavy (non-hydrogen) atoms. The molecule has 0 saturated carbocycles. The third-order valence-corrected chi connectivity index (χ3v) is 4.96. The average Bonchev–Trinajstić information content (AvgIpc) is 2.74. The van der Waals surface area contributed by atoms with Gasteiger partial charge in [-0.25, -0.2) is 0 Å². The molecule has 0 radical (unpaired) electrons. The SMILES string of the molecule is COc1cccc([C@@H](C)Nc2nnnc3ccc(N4CCNCC4)cc23)c1. The van der Waals surface area contributed by atoms with E-state index in [0.717, 1.165) is 54.2 Å². The van der Waals surface area contributed by atoms with Gasteiger partial charge < -0.3 is 20.3 Å². The van der Waals surface area contributed by atoms with Gasteiger partial charge in [-0.15, -0.1) is 10.2 Å². The predicted octanol–water partition coefficient (Wildman–Crippen LogP) is 2.62. The van der Waals surface area contributed by atoms with Crippen LogP contribution in [-0.4, -0.2) is 48.7 Å². The standard InChI is InChI=1S/C20H24N6O/c1-14(15-4-3-5-17(12-15)27-2)22-20-18-13-16(26-10-8-21-9-11-26)6-7-19(18)23-25-24-20/h3-7,12-14,21H,8-11H2,1-2H3,(H,22,23,24)/t14-/m1/s1. The Morgan fingerprint density at radius 2 is 1.96 bits per heavy atom. The van der Waals surface area contributed by atoms with E-state index >= 15 is 0 Å². The molecular weight excluding hydrogens is 340 g/mol. The molecule has 140 valence electrons. The zero-order valence-corrected chi connectivity index (χ0v) is 15.6. The van der Waals surface area contributed by atoms with Crippen LogP contribution < -0.4 is 20.3 Å². The summed E-state index contributed by atoms with van der Waals surface area (Å²) >= 11 is 0. The van der Waals surface area contributed by atoms with Gasteiger partial charge in [0.2, 0.25) is 0 Å². The van der Waals surface area contributed by atoms with Gasteiger partial charge in [-0.1, -0.05) is 12.1 Å². The number of anilines is 2. The summed E-state index contributed by atoms with van der Waals surface area (Å²) < 4.78 is 5.33. The molecule has 1 atom stereocenters.